The molecule has 0 N–H and O–H groups in total. The van der Waals surface area contributed by atoms with Crippen molar-refractivity contribution in [2.45, 2.75) is 13.3 Å². The molecule has 1 saturated heterocycles. The lowest BCUT2D eigenvalue weighted by Crippen LogP contribution is -1.82. The second-order valence-corrected chi connectivity index (χ2v) is 5.87. The van der Waals surface area contributed by atoms with Crippen LogP contribution in [0.4, 0.5) is 0 Å². The molecule has 0 atom stereocenters. The Morgan fingerprint density at radius 3 is 2.69 bits per heavy atom. The first kappa shape index (κ1) is 12.1. The van der Waals surface area contributed by atoms with Crippen LogP contribution in [-0.4, -0.2) is 5.75 Å². The summed E-state index contributed by atoms with van der Waals surface area (Å²) in [5.74, 6) is 1.02. The van der Waals surface area contributed by atoms with Crippen molar-refractivity contribution < 1.29 is 0 Å². The van der Waals surface area contributed by atoms with Crippen LogP contribution in [0.2, 0.25) is 10.0 Å². The van der Waals surface area contributed by atoms with Gasteiger partial charge in [-0.1, -0.05) is 35.4 Å². The summed E-state index contributed by atoms with van der Waals surface area (Å²) in [5, 5.41) is 1.43. The minimum Gasteiger partial charge on any atom is -0.126 e. The van der Waals surface area contributed by atoms with Crippen LogP contribution in [0.5, 0.6) is 0 Å². The second-order valence-electron chi connectivity index (χ2n) is 3.95. The molecular formula is C13H12Cl2S. The van der Waals surface area contributed by atoms with Crippen molar-refractivity contribution >= 4 is 41.0 Å². The molecular weight excluding hydrogens is 259 g/mol. The molecule has 1 aromatic rings. The maximum absolute atomic E-state index is 6.16. The molecule has 0 nitrogen and oxygen atoms in total. The van der Waals surface area contributed by atoms with Crippen LogP contribution in [0.25, 0.3) is 6.08 Å². The van der Waals surface area contributed by atoms with E-state index in [2.05, 4.69) is 12.7 Å². The van der Waals surface area contributed by atoms with Crippen LogP contribution in [0, 0.1) is 6.92 Å². The Bertz CT molecular complexity index is 475. The second kappa shape index (κ2) is 4.87. The van der Waals surface area contributed by atoms with Gasteiger partial charge < -0.3 is 0 Å². The molecule has 1 aliphatic heterocycles. The maximum Gasteiger partial charge on any atom is 0.0493 e. The maximum atomic E-state index is 6.16. The lowest BCUT2D eigenvalue weighted by Gasteiger charge is -2.04. The number of aryl methyl sites for hydroxylation is 1. The molecule has 0 aromatic heterocycles. The molecule has 1 heterocycles. The summed E-state index contributed by atoms with van der Waals surface area (Å²) in [5.41, 5.74) is 3.37. The molecule has 2 rings (SSSR count). The van der Waals surface area contributed by atoms with Crippen molar-refractivity contribution in [3.8, 4) is 0 Å². The summed E-state index contributed by atoms with van der Waals surface area (Å²) in [7, 11) is 0. The molecule has 84 valence electrons. The van der Waals surface area contributed by atoms with Gasteiger partial charge >= 0.3 is 0 Å². The van der Waals surface area contributed by atoms with Crippen LogP contribution in [0.15, 0.2) is 29.2 Å². The molecule has 16 heavy (non-hydrogen) atoms. The van der Waals surface area contributed by atoms with Gasteiger partial charge in [0.1, 0.15) is 0 Å². The van der Waals surface area contributed by atoms with Crippen molar-refractivity contribution in [2.75, 3.05) is 5.75 Å². The standard InChI is InChI=1S/C13H12Cl2S/c1-8-3-11(16-7-8)5-10-4-9(2)12(14)6-13(10)15/h4-6H,1,3,7H2,2H3/b11-5-. The van der Waals surface area contributed by atoms with Crippen molar-refractivity contribution in [1.82, 2.24) is 0 Å². The van der Waals surface area contributed by atoms with E-state index in [4.69, 9.17) is 23.2 Å². The van der Waals surface area contributed by atoms with Crippen molar-refractivity contribution in [3.63, 3.8) is 0 Å². The summed E-state index contributed by atoms with van der Waals surface area (Å²) in [6.45, 7) is 5.97. The SMILES string of the molecule is C=C1CS/C(=C\c2cc(C)c(Cl)cc2Cl)C1. The summed E-state index contributed by atoms with van der Waals surface area (Å²) in [6, 6.07) is 3.83. The quantitative estimate of drug-likeness (QED) is 0.621. The van der Waals surface area contributed by atoms with Gasteiger partial charge in [-0.05, 0) is 47.6 Å². The molecule has 0 spiro atoms. The number of hydrogen-bond donors (Lipinski definition) is 0. The first-order valence-corrected chi connectivity index (χ1v) is 6.76. The highest BCUT2D eigenvalue weighted by Gasteiger charge is 2.12. The summed E-state index contributed by atoms with van der Waals surface area (Å²) < 4.78 is 0. The molecule has 0 bridgehead atoms. The van der Waals surface area contributed by atoms with Gasteiger partial charge in [-0.2, -0.15) is 0 Å². The van der Waals surface area contributed by atoms with Gasteiger partial charge in [-0.25, -0.2) is 0 Å². The zero-order chi connectivity index (χ0) is 11.7. The van der Waals surface area contributed by atoms with Crippen LogP contribution in [0.3, 0.4) is 0 Å². The van der Waals surface area contributed by atoms with Crippen molar-refractivity contribution in [2.24, 2.45) is 0 Å². The lowest BCUT2D eigenvalue weighted by molar-refractivity contribution is 1.27. The van der Waals surface area contributed by atoms with E-state index < -0.39 is 0 Å². The minimum absolute atomic E-state index is 0.709. The average molecular weight is 271 g/mol. The zero-order valence-electron chi connectivity index (χ0n) is 9.02. The van der Waals surface area contributed by atoms with Gasteiger partial charge in [0, 0.05) is 15.8 Å². The molecule has 0 radical (unpaired) electrons. The predicted molar refractivity (Wildman–Crippen MR) is 75.4 cm³/mol. The van der Waals surface area contributed by atoms with Gasteiger partial charge in [0.05, 0.1) is 0 Å². The number of hydrogen-bond acceptors (Lipinski definition) is 1. The summed E-state index contributed by atoms with van der Waals surface area (Å²) in [4.78, 5) is 1.33. The summed E-state index contributed by atoms with van der Waals surface area (Å²) >= 11 is 14.0. The third-order valence-corrected chi connectivity index (χ3v) is 4.40. The third-order valence-electron chi connectivity index (χ3n) is 2.48. The van der Waals surface area contributed by atoms with E-state index in [9.17, 15) is 0 Å². The number of halogens is 2. The number of thioether (sulfide) groups is 1. The Morgan fingerprint density at radius 1 is 1.31 bits per heavy atom. The van der Waals surface area contributed by atoms with E-state index in [-0.39, 0.29) is 0 Å². The molecule has 1 aliphatic rings. The van der Waals surface area contributed by atoms with E-state index in [1.807, 2.05) is 24.8 Å². The van der Waals surface area contributed by atoms with Gasteiger partial charge in [0.2, 0.25) is 0 Å². The fourth-order valence-corrected chi connectivity index (χ4v) is 3.05. The molecule has 0 unspecified atom stereocenters. The first-order chi connectivity index (χ1) is 7.56. The van der Waals surface area contributed by atoms with E-state index in [0.717, 1.165) is 28.3 Å². The van der Waals surface area contributed by atoms with E-state index in [1.54, 1.807) is 6.07 Å². The largest absolute Gasteiger partial charge is 0.126 e. The highest BCUT2D eigenvalue weighted by Crippen LogP contribution is 2.36. The summed E-state index contributed by atoms with van der Waals surface area (Å²) in [6.07, 6.45) is 3.11. The molecule has 0 saturated carbocycles. The van der Waals surface area contributed by atoms with Crippen LogP contribution in [-0.2, 0) is 0 Å². The van der Waals surface area contributed by atoms with Crippen LogP contribution >= 0.6 is 35.0 Å². The molecule has 1 fully saturated rings. The smallest absolute Gasteiger partial charge is 0.0493 e. The Hall–Kier alpha value is -0.370. The van der Waals surface area contributed by atoms with Gasteiger partial charge in [-0.3, -0.25) is 0 Å². The van der Waals surface area contributed by atoms with E-state index in [1.165, 1.54) is 10.5 Å². The normalized spacial score (nSPS) is 18.4. The monoisotopic (exact) mass is 270 g/mol. The van der Waals surface area contributed by atoms with Gasteiger partial charge in [0.15, 0.2) is 0 Å². The van der Waals surface area contributed by atoms with Crippen molar-refractivity contribution in [1.29, 1.82) is 0 Å². The Morgan fingerprint density at radius 2 is 2.06 bits per heavy atom. The fourth-order valence-electron chi connectivity index (χ4n) is 1.60. The third kappa shape index (κ3) is 2.65. The number of rotatable bonds is 1. The minimum atomic E-state index is 0.709. The van der Waals surface area contributed by atoms with Crippen LogP contribution in [0.1, 0.15) is 17.5 Å². The Labute approximate surface area is 110 Å². The average Bonchev–Trinajstić information content (AvgIpc) is 2.60. The first-order valence-electron chi connectivity index (χ1n) is 5.02. The highest BCUT2D eigenvalue weighted by atomic mass is 35.5. The van der Waals surface area contributed by atoms with E-state index in [0.29, 0.717) is 5.02 Å². The van der Waals surface area contributed by atoms with Crippen molar-refractivity contribution in [3.05, 3.63) is 50.4 Å². The number of allylic oxidation sites excluding steroid dienone is 1. The van der Waals surface area contributed by atoms with Crippen LogP contribution < -0.4 is 0 Å². The molecule has 1 aromatic carbocycles. The lowest BCUT2D eigenvalue weighted by atomic mass is 10.1. The molecule has 0 aliphatic carbocycles. The fraction of sp³-hybridized carbons (Fsp3) is 0.231. The zero-order valence-corrected chi connectivity index (χ0v) is 11.3. The Balaban J connectivity index is 2.34. The topological polar surface area (TPSA) is 0 Å². The van der Waals surface area contributed by atoms with Gasteiger partial charge in [-0.15, -0.1) is 11.8 Å². The molecule has 3 heteroatoms. The van der Waals surface area contributed by atoms with Gasteiger partial charge in [0.25, 0.3) is 0 Å². The number of benzene rings is 1. The molecule has 0 amide bonds. The van der Waals surface area contributed by atoms with E-state index >= 15 is 0 Å². The Kier molecular flexibility index (Phi) is 3.68. The highest BCUT2D eigenvalue weighted by molar-refractivity contribution is 8.03. The predicted octanol–water partition coefficient (Wildman–Crippen LogP) is 5.34.